The molecule has 10 heteroatoms. The van der Waals surface area contributed by atoms with Gasteiger partial charge in [0, 0.05) is 25.3 Å². The van der Waals surface area contributed by atoms with Gasteiger partial charge >= 0.3 is 12.3 Å². The summed E-state index contributed by atoms with van der Waals surface area (Å²) >= 11 is 0. The quantitative estimate of drug-likeness (QED) is 0.854. The summed E-state index contributed by atoms with van der Waals surface area (Å²) in [5.41, 5.74) is 3.75. The van der Waals surface area contributed by atoms with E-state index in [2.05, 4.69) is 15.3 Å². The van der Waals surface area contributed by atoms with Crippen LogP contribution < -0.4 is 11.1 Å². The van der Waals surface area contributed by atoms with Crippen LogP contribution in [-0.4, -0.2) is 45.7 Å². The largest absolute Gasteiger partial charge is 0.444 e. The predicted octanol–water partition coefficient (Wildman–Crippen LogP) is 2.50. The number of alkyl halides is 3. The lowest BCUT2D eigenvalue weighted by Crippen LogP contribution is -2.36. The van der Waals surface area contributed by atoms with E-state index in [4.69, 9.17) is 10.5 Å². The van der Waals surface area contributed by atoms with Crippen LogP contribution in [0, 0.1) is 0 Å². The van der Waals surface area contributed by atoms with Gasteiger partial charge in [-0.1, -0.05) is 0 Å². The highest BCUT2D eigenvalue weighted by Crippen LogP contribution is 2.34. The highest BCUT2D eigenvalue weighted by molar-refractivity contribution is 5.68. The van der Waals surface area contributed by atoms with Crippen molar-refractivity contribution in [2.24, 2.45) is 0 Å². The summed E-state index contributed by atoms with van der Waals surface area (Å²) in [6, 6.07) is -0.382. The summed E-state index contributed by atoms with van der Waals surface area (Å²) in [5, 5.41) is 2.70. The van der Waals surface area contributed by atoms with Gasteiger partial charge in [-0.15, -0.1) is 0 Å². The molecule has 1 saturated heterocycles. The Morgan fingerprint density at radius 2 is 2.08 bits per heavy atom. The topological polar surface area (TPSA) is 93.4 Å². The molecule has 1 aromatic rings. The number of amides is 1. The highest BCUT2D eigenvalue weighted by atomic mass is 19.4. The molecule has 7 nitrogen and oxygen atoms in total. The number of nitrogens with two attached hydrogens (primary N) is 1. The molecule has 1 aliphatic rings. The van der Waals surface area contributed by atoms with E-state index in [1.807, 2.05) is 0 Å². The molecule has 24 heavy (non-hydrogen) atoms. The SMILES string of the molecule is CC(C)(C)OC(=O)N1CCC(Nc2nc(N)ncc2C(F)(F)F)C1. The fourth-order valence-electron chi connectivity index (χ4n) is 2.28. The number of ether oxygens (including phenoxy) is 1. The van der Waals surface area contributed by atoms with Crippen molar-refractivity contribution in [1.29, 1.82) is 0 Å². The summed E-state index contributed by atoms with van der Waals surface area (Å²) in [6.07, 6.45) is -3.98. The number of likely N-dealkylation sites (tertiary alicyclic amines) is 1. The molecular formula is C14H20F3N5O2. The second-order valence-electron chi connectivity index (χ2n) is 6.54. The minimum Gasteiger partial charge on any atom is -0.444 e. The molecule has 1 aliphatic heterocycles. The lowest BCUT2D eigenvalue weighted by atomic mass is 10.2. The first-order chi connectivity index (χ1) is 11.0. The number of halogens is 3. The van der Waals surface area contributed by atoms with Gasteiger partial charge in [0.2, 0.25) is 5.95 Å². The Morgan fingerprint density at radius 3 is 2.67 bits per heavy atom. The lowest BCUT2D eigenvalue weighted by molar-refractivity contribution is -0.137. The number of hydrogen-bond donors (Lipinski definition) is 2. The molecule has 0 aromatic carbocycles. The highest BCUT2D eigenvalue weighted by Gasteiger charge is 2.37. The van der Waals surface area contributed by atoms with Crippen molar-refractivity contribution in [2.75, 3.05) is 24.1 Å². The van der Waals surface area contributed by atoms with Crippen molar-refractivity contribution < 1.29 is 22.7 Å². The van der Waals surface area contributed by atoms with E-state index in [0.29, 0.717) is 19.2 Å². The van der Waals surface area contributed by atoms with Crippen molar-refractivity contribution in [1.82, 2.24) is 14.9 Å². The molecule has 0 aliphatic carbocycles. The molecular weight excluding hydrogens is 327 g/mol. The number of carbonyl (C=O) groups excluding carboxylic acids is 1. The van der Waals surface area contributed by atoms with Crippen LogP contribution in [-0.2, 0) is 10.9 Å². The molecule has 1 fully saturated rings. The minimum absolute atomic E-state index is 0.218. The summed E-state index contributed by atoms with van der Waals surface area (Å²) in [6.45, 7) is 5.84. The molecule has 1 atom stereocenters. The van der Waals surface area contributed by atoms with Crippen LogP contribution in [0.15, 0.2) is 6.20 Å². The zero-order chi connectivity index (χ0) is 18.1. The van der Waals surface area contributed by atoms with Gasteiger partial charge in [0.1, 0.15) is 17.0 Å². The zero-order valence-electron chi connectivity index (χ0n) is 13.6. The Kier molecular flexibility index (Phi) is 4.77. The first kappa shape index (κ1) is 18.1. The van der Waals surface area contributed by atoms with Gasteiger partial charge in [-0.25, -0.2) is 9.78 Å². The van der Waals surface area contributed by atoms with Gasteiger partial charge in [-0.2, -0.15) is 18.2 Å². The molecule has 0 saturated carbocycles. The van der Waals surface area contributed by atoms with E-state index in [0.717, 1.165) is 0 Å². The molecule has 0 bridgehead atoms. The Bertz CT molecular complexity index is 615. The molecule has 134 valence electrons. The molecule has 3 N–H and O–H groups in total. The van der Waals surface area contributed by atoms with Crippen LogP contribution in [0.1, 0.15) is 32.8 Å². The van der Waals surface area contributed by atoms with Crippen molar-refractivity contribution >= 4 is 17.9 Å². The number of rotatable bonds is 2. The van der Waals surface area contributed by atoms with E-state index in [-0.39, 0.29) is 24.4 Å². The molecule has 1 unspecified atom stereocenters. The number of carbonyl (C=O) groups is 1. The van der Waals surface area contributed by atoms with Crippen LogP contribution in [0.5, 0.6) is 0 Å². The number of hydrogen-bond acceptors (Lipinski definition) is 6. The van der Waals surface area contributed by atoms with Gasteiger partial charge in [0.15, 0.2) is 0 Å². The van der Waals surface area contributed by atoms with E-state index < -0.39 is 23.4 Å². The maximum atomic E-state index is 13.0. The van der Waals surface area contributed by atoms with Crippen molar-refractivity contribution in [3.63, 3.8) is 0 Å². The Morgan fingerprint density at radius 1 is 1.42 bits per heavy atom. The van der Waals surface area contributed by atoms with E-state index in [1.165, 1.54) is 4.90 Å². The van der Waals surface area contributed by atoms with Crippen molar-refractivity contribution in [3.8, 4) is 0 Å². The van der Waals surface area contributed by atoms with Crippen molar-refractivity contribution in [3.05, 3.63) is 11.8 Å². The fraction of sp³-hybridized carbons (Fsp3) is 0.643. The Hall–Kier alpha value is -2.26. The average molecular weight is 347 g/mol. The molecule has 1 aromatic heterocycles. The maximum Gasteiger partial charge on any atom is 0.421 e. The third-order valence-corrected chi connectivity index (χ3v) is 3.29. The molecule has 2 rings (SSSR count). The Labute approximate surface area is 137 Å². The Balaban J connectivity index is 2.06. The summed E-state index contributed by atoms with van der Waals surface area (Å²) < 4.78 is 44.2. The number of nitrogen functional groups attached to an aromatic ring is 1. The van der Waals surface area contributed by atoms with E-state index in [1.54, 1.807) is 20.8 Å². The van der Waals surface area contributed by atoms with Crippen LogP contribution in [0.25, 0.3) is 0 Å². The second-order valence-corrected chi connectivity index (χ2v) is 6.54. The summed E-state index contributed by atoms with van der Waals surface area (Å²) in [5.74, 6) is -0.640. The number of nitrogens with zero attached hydrogens (tertiary/aromatic N) is 3. The van der Waals surface area contributed by atoms with E-state index >= 15 is 0 Å². The fourth-order valence-corrected chi connectivity index (χ4v) is 2.28. The smallest absolute Gasteiger partial charge is 0.421 e. The lowest BCUT2D eigenvalue weighted by Gasteiger charge is -2.24. The van der Waals surface area contributed by atoms with Crippen LogP contribution in [0.4, 0.5) is 29.7 Å². The maximum absolute atomic E-state index is 13.0. The standard InChI is InChI=1S/C14H20F3N5O2/c1-13(2,3)24-12(23)22-5-4-8(7-22)20-10-9(14(15,16)17)6-19-11(18)21-10/h6,8H,4-5,7H2,1-3H3,(H3,18,19,20,21). The summed E-state index contributed by atoms with van der Waals surface area (Å²) in [7, 11) is 0. The molecule has 0 radical (unpaired) electrons. The third kappa shape index (κ3) is 4.62. The number of aromatic nitrogens is 2. The second kappa shape index (κ2) is 6.33. The number of anilines is 2. The monoisotopic (exact) mass is 347 g/mol. The molecule has 0 spiro atoms. The molecule has 1 amide bonds. The first-order valence-electron chi connectivity index (χ1n) is 7.40. The van der Waals surface area contributed by atoms with Crippen molar-refractivity contribution in [2.45, 2.75) is 45.0 Å². The van der Waals surface area contributed by atoms with Gasteiger partial charge in [-0.05, 0) is 27.2 Å². The van der Waals surface area contributed by atoms with Gasteiger partial charge in [-0.3, -0.25) is 0 Å². The summed E-state index contributed by atoms with van der Waals surface area (Å²) in [4.78, 5) is 20.5. The third-order valence-electron chi connectivity index (χ3n) is 3.29. The van der Waals surface area contributed by atoms with E-state index in [9.17, 15) is 18.0 Å². The molecule has 2 heterocycles. The van der Waals surface area contributed by atoms with Crippen LogP contribution in [0.3, 0.4) is 0 Å². The van der Waals surface area contributed by atoms with Crippen LogP contribution >= 0.6 is 0 Å². The first-order valence-corrected chi connectivity index (χ1v) is 7.40. The number of nitrogens with one attached hydrogen (secondary N) is 1. The van der Waals surface area contributed by atoms with Gasteiger partial charge < -0.3 is 20.7 Å². The van der Waals surface area contributed by atoms with Crippen LogP contribution in [0.2, 0.25) is 0 Å². The predicted molar refractivity (Wildman–Crippen MR) is 81.3 cm³/mol. The normalized spacial score (nSPS) is 18.6. The van der Waals surface area contributed by atoms with Gasteiger partial charge in [0.05, 0.1) is 0 Å². The zero-order valence-corrected chi connectivity index (χ0v) is 13.6. The van der Waals surface area contributed by atoms with Gasteiger partial charge in [0.25, 0.3) is 0 Å². The average Bonchev–Trinajstić information content (AvgIpc) is 2.84. The minimum atomic E-state index is -4.60.